The van der Waals surface area contributed by atoms with Gasteiger partial charge in [-0.2, -0.15) is 11.8 Å². The molecule has 0 saturated heterocycles. The third-order valence-electron chi connectivity index (χ3n) is 5.03. The molecule has 3 nitrogen and oxygen atoms in total. The second-order valence-corrected chi connectivity index (χ2v) is 9.13. The summed E-state index contributed by atoms with van der Waals surface area (Å²) in [6, 6.07) is 8.25. The molecule has 0 heterocycles. The fourth-order valence-electron chi connectivity index (χ4n) is 3.30. The zero-order chi connectivity index (χ0) is 22.0. The summed E-state index contributed by atoms with van der Waals surface area (Å²) in [6.45, 7) is 4.53. The Morgan fingerprint density at radius 1 is 1.00 bits per heavy atom. The first kappa shape index (κ1) is 27.0. The number of rotatable bonds is 17. The maximum atomic E-state index is 10.7. The summed E-state index contributed by atoms with van der Waals surface area (Å²) in [5, 5.41) is 30.0. The minimum absolute atomic E-state index is 0.0352. The number of thioether (sulfide) groups is 1. The second kappa shape index (κ2) is 17.6. The van der Waals surface area contributed by atoms with Crippen LogP contribution in [0.4, 0.5) is 0 Å². The fraction of sp³-hybridized carbons (Fsp3) is 0.615. The molecular weight excluding hydrogens is 392 g/mol. The zero-order valence-electron chi connectivity index (χ0n) is 18.9. The van der Waals surface area contributed by atoms with Crippen LogP contribution < -0.4 is 0 Å². The van der Waals surface area contributed by atoms with Gasteiger partial charge in [-0.25, -0.2) is 0 Å². The Labute approximate surface area is 188 Å². The summed E-state index contributed by atoms with van der Waals surface area (Å²) in [4.78, 5) is 0. The molecule has 3 unspecified atom stereocenters. The topological polar surface area (TPSA) is 60.7 Å². The average Bonchev–Trinajstić information content (AvgIpc) is 2.75. The minimum Gasteiger partial charge on any atom is -0.396 e. The highest BCUT2D eigenvalue weighted by Gasteiger charge is 2.21. The van der Waals surface area contributed by atoms with E-state index in [-0.39, 0.29) is 11.9 Å². The lowest BCUT2D eigenvalue weighted by Crippen LogP contribution is -2.16. The van der Waals surface area contributed by atoms with Crippen LogP contribution in [0.25, 0.3) is 6.08 Å². The molecule has 0 radical (unpaired) electrons. The normalized spacial score (nSPS) is 15.1. The molecule has 170 valence electrons. The van der Waals surface area contributed by atoms with Gasteiger partial charge in [-0.1, -0.05) is 75.3 Å². The van der Waals surface area contributed by atoms with Crippen molar-refractivity contribution in [3.8, 4) is 0 Å². The smallest absolute Gasteiger partial charge is 0.0758 e. The number of benzene rings is 1. The number of aliphatic hydroxyl groups excluding tert-OH is 3. The molecule has 0 aromatic heterocycles. The Bertz CT molecular complexity index is 600. The van der Waals surface area contributed by atoms with Crippen LogP contribution in [0.1, 0.15) is 88.0 Å². The van der Waals surface area contributed by atoms with Gasteiger partial charge in [0.2, 0.25) is 0 Å². The summed E-state index contributed by atoms with van der Waals surface area (Å²) in [6.07, 6.45) is 15.9. The molecule has 0 aliphatic carbocycles. The van der Waals surface area contributed by atoms with Gasteiger partial charge >= 0.3 is 0 Å². The molecule has 1 rings (SSSR count). The maximum absolute atomic E-state index is 10.7. The molecule has 3 atom stereocenters. The van der Waals surface area contributed by atoms with Crippen molar-refractivity contribution in [2.75, 3.05) is 12.4 Å². The number of hydrogen-bond acceptors (Lipinski definition) is 4. The van der Waals surface area contributed by atoms with Crippen LogP contribution in [-0.4, -0.2) is 39.9 Å². The van der Waals surface area contributed by atoms with Gasteiger partial charge in [0.05, 0.1) is 17.5 Å². The summed E-state index contributed by atoms with van der Waals surface area (Å²) >= 11 is 1.80. The van der Waals surface area contributed by atoms with Gasteiger partial charge in [-0.05, 0) is 61.8 Å². The van der Waals surface area contributed by atoms with Crippen LogP contribution in [-0.2, 0) is 0 Å². The predicted octanol–water partition coefficient (Wildman–Crippen LogP) is 6.30. The van der Waals surface area contributed by atoms with E-state index in [9.17, 15) is 10.2 Å². The van der Waals surface area contributed by atoms with Gasteiger partial charge in [-0.3, -0.25) is 0 Å². The fourth-order valence-corrected chi connectivity index (χ4v) is 4.48. The van der Waals surface area contributed by atoms with E-state index in [4.69, 9.17) is 5.11 Å². The first-order chi connectivity index (χ1) is 14.6. The van der Waals surface area contributed by atoms with Gasteiger partial charge < -0.3 is 15.3 Å². The Kier molecular flexibility index (Phi) is 15.8. The molecule has 0 aliphatic heterocycles. The molecule has 1 aromatic rings. The molecule has 0 spiro atoms. The highest BCUT2D eigenvalue weighted by atomic mass is 32.2. The van der Waals surface area contributed by atoms with Gasteiger partial charge in [-0.15, -0.1) is 0 Å². The number of allylic oxidation sites excluding steroid dienone is 1. The van der Waals surface area contributed by atoms with E-state index in [1.807, 2.05) is 24.3 Å². The van der Waals surface area contributed by atoms with E-state index in [1.165, 1.54) is 19.3 Å². The average molecular weight is 435 g/mol. The third-order valence-corrected chi connectivity index (χ3v) is 6.62. The lowest BCUT2D eigenvalue weighted by Gasteiger charge is -2.23. The van der Waals surface area contributed by atoms with E-state index in [2.05, 4.69) is 38.1 Å². The number of hydrogen-bond donors (Lipinski definition) is 3. The van der Waals surface area contributed by atoms with Crippen LogP contribution in [0.2, 0.25) is 0 Å². The van der Waals surface area contributed by atoms with Gasteiger partial charge in [0.25, 0.3) is 0 Å². The number of unbranched alkanes of at least 4 members (excludes halogenated alkanes) is 4. The van der Waals surface area contributed by atoms with E-state index < -0.39 is 12.2 Å². The molecule has 0 bridgehead atoms. The second-order valence-electron chi connectivity index (χ2n) is 7.88. The molecule has 30 heavy (non-hydrogen) atoms. The van der Waals surface area contributed by atoms with E-state index in [1.54, 1.807) is 11.8 Å². The Morgan fingerprint density at radius 3 is 2.57 bits per heavy atom. The Balaban J connectivity index is 2.69. The molecule has 0 fully saturated rings. The van der Waals surface area contributed by atoms with Crippen LogP contribution in [0.3, 0.4) is 0 Å². The van der Waals surface area contributed by atoms with Crippen molar-refractivity contribution in [2.24, 2.45) is 0 Å². The van der Waals surface area contributed by atoms with Gasteiger partial charge in [0, 0.05) is 6.61 Å². The van der Waals surface area contributed by atoms with Crippen molar-refractivity contribution < 1.29 is 15.3 Å². The first-order valence-electron chi connectivity index (χ1n) is 11.6. The summed E-state index contributed by atoms with van der Waals surface area (Å²) in [7, 11) is 0. The molecule has 3 N–H and O–H groups in total. The number of aliphatic hydroxyl groups is 3. The lowest BCUT2D eigenvalue weighted by atomic mass is 10.0. The van der Waals surface area contributed by atoms with Crippen molar-refractivity contribution in [3.05, 3.63) is 53.6 Å². The van der Waals surface area contributed by atoms with Crippen LogP contribution in [0, 0.1) is 0 Å². The molecular formula is C26H42O3S. The van der Waals surface area contributed by atoms with Crippen molar-refractivity contribution in [1.82, 2.24) is 0 Å². The first-order valence-corrected chi connectivity index (χ1v) is 12.7. The van der Waals surface area contributed by atoms with Gasteiger partial charge in [0.15, 0.2) is 0 Å². The standard InChI is InChI=1S/C26H42O3S/c1-3-5-6-7-8-9-15-24(28)18-17-22-13-12-14-23(21-22)26(30-20-4-2)25(29)16-10-11-19-27/h8-9,12-14,17-18,21,24-29H,3-7,10-11,15-16,19-20H2,1-2H3. The van der Waals surface area contributed by atoms with E-state index >= 15 is 0 Å². The zero-order valence-corrected chi connectivity index (χ0v) is 19.7. The minimum atomic E-state index is -0.481. The monoisotopic (exact) mass is 434 g/mol. The molecule has 0 aliphatic rings. The third kappa shape index (κ3) is 11.9. The maximum Gasteiger partial charge on any atom is 0.0758 e. The quantitative estimate of drug-likeness (QED) is 0.199. The SMILES string of the molecule is CCCCCC=CCC(O)C=Cc1cccc(C(SCCC)C(O)CCCCO)c1. The lowest BCUT2D eigenvalue weighted by molar-refractivity contribution is 0.154. The Hall–Kier alpha value is -1.07. The van der Waals surface area contributed by atoms with Crippen molar-refractivity contribution in [2.45, 2.75) is 89.1 Å². The van der Waals surface area contributed by atoms with E-state index in [0.29, 0.717) is 12.8 Å². The van der Waals surface area contributed by atoms with Crippen LogP contribution in [0.5, 0.6) is 0 Å². The van der Waals surface area contributed by atoms with Gasteiger partial charge in [0.1, 0.15) is 0 Å². The summed E-state index contributed by atoms with van der Waals surface area (Å²) < 4.78 is 0. The molecule has 1 aromatic carbocycles. The highest BCUT2D eigenvalue weighted by Crippen LogP contribution is 2.35. The van der Waals surface area contributed by atoms with Crippen molar-refractivity contribution in [1.29, 1.82) is 0 Å². The highest BCUT2D eigenvalue weighted by molar-refractivity contribution is 7.99. The molecule has 0 amide bonds. The van der Waals surface area contributed by atoms with Crippen LogP contribution >= 0.6 is 11.8 Å². The molecule has 4 heteroatoms. The van der Waals surface area contributed by atoms with Crippen LogP contribution in [0.15, 0.2) is 42.5 Å². The predicted molar refractivity (Wildman–Crippen MR) is 132 cm³/mol. The van der Waals surface area contributed by atoms with Crippen molar-refractivity contribution >= 4 is 17.8 Å². The van der Waals surface area contributed by atoms with E-state index in [0.717, 1.165) is 42.6 Å². The summed E-state index contributed by atoms with van der Waals surface area (Å²) in [5.41, 5.74) is 2.17. The Morgan fingerprint density at radius 2 is 1.83 bits per heavy atom. The molecule has 0 saturated carbocycles. The van der Waals surface area contributed by atoms with Crippen molar-refractivity contribution in [3.63, 3.8) is 0 Å². The summed E-state index contributed by atoms with van der Waals surface area (Å²) in [5.74, 6) is 1.01. The largest absolute Gasteiger partial charge is 0.396 e.